The lowest BCUT2D eigenvalue weighted by atomic mass is 9.98. The molecule has 0 spiro atoms. The summed E-state index contributed by atoms with van der Waals surface area (Å²) in [5.41, 5.74) is 3.25. The van der Waals surface area contributed by atoms with Crippen molar-refractivity contribution in [2.45, 2.75) is 70.2 Å². The minimum Gasteiger partial charge on any atom is -0.490 e. The number of ether oxygens (including phenoxy) is 1. The monoisotopic (exact) mass is 460 g/mol. The molecule has 2 aromatic heterocycles. The van der Waals surface area contributed by atoms with Gasteiger partial charge in [0.25, 0.3) is 0 Å². The van der Waals surface area contributed by atoms with Gasteiger partial charge in [0.1, 0.15) is 5.75 Å². The Kier molecular flexibility index (Phi) is 5.87. The average molecular weight is 461 g/mol. The summed E-state index contributed by atoms with van der Waals surface area (Å²) in [4.78, 5) is 6.87. The second kappa shape index (κ2) is 8.82. The molecule has 33 heavy (non-hydrogen) atoms. The van der Waals surface area contributed by atoms with Crippen LogP contribution in [0, 0.1) is 0 Å². The van der Waals surface area contributed by atoms with E-state index in [1.807, 2.05) is 18.3 Å². The summed E-state index contributed by atoms with van der Waals surface area (Å²) < 4.78 is 8.44. The minimum absolute atomic E-state index is 0.00222. The molecule has 1 aliphatic carbocycles. The maximum atomic E-state index is 6.18. The molecular formula is C27H32N4OS. The van der Waals surface area contributed by atoms with Crippen LogP contribution in [-0.2, 0) is 5.54 Å². The van der Waals surface area contributed by atoms with Crippen molar-refractivity contribution in [3.63, 3.8) is 0 Å². The quantitative estimate of drug-likeness (QED) is 0.464. The highest BCUT2D eigenvalue weighted by atomic mass is 32.1. The molecule has 2 fully saturated rings. The standard InChI is InChI=1S/C27H32N4OS/c1-27(2,3)30-17-15-19(18-30)25-24(23-10-6-7-16-28-23)29-26(33)31(25)20-11-13-22(14-12-20)32-21-8-4-5-9-21/h6-7,10-18,21,24-25H,4-5,8-9H2,1-3H3,(H,29,33)/t24-,25-/m0/s1. The molecule has 6 heteroatoms. The molecule has 3 heterocycles. The smallest absolute Gasteiger partial charge is 0.174 e. The molecular weight excluding hydrogens is 428 g/mol. The van der Waals surface area contributed by atoms with Gasteiger partial charge in [-0.25, -0.2) is 0 Å². The third-order valence-corrected chi connectivity index (χ3v) is 6.96. The number of benzene rings is 1. The molecule has 2 aliphatic rings. The zero-order valence-corrected chi connectivity index (χ0v) is 20.4. The van der Waals surface area contributed by atoms with Gasteiger partial charge in [-0.3, -0.25) is 4.98 Å². The van der Waals surface area contributed by atoms with Gasteiger partial charge in [-0.15, -0.1) is 0 Å². The number of thiocarbonyl (C=S) groups is 1. The molecule has 1 saturated heterocycles. The summed E-state index contributed by atoms with van der Waals surface area (Å²) in [5, 5.41) is 4.25. The Labute approximate surface area is 201 Å². The molecule has 0 unspecified atom stereocenters. The van der Waals surface area contributed by atoms with E-state index in [0.717, 1.165) is 30.0 Å². The zero-order chi connectivity index (χ0) is 23.0. The molecule has 1 aliphatic heterocycles. The van der Waals surface area contributed by atoms with Crippen LogP contribution in [0.1, 0.15) is 69.8 Å². The fourth-order valence-corrected chi connectivity index (χ4v) is 5.21. The Morgan fingerprint density at radius 2 is 1.79 bits per heavy atom. The molecule has 172 valence electrons. The van der Waals surface area contributed by atoms with E-state index in [1.54, 1.807) is 0 Å². The third kappa shape index (κ3) is 4.49. The summed E-state index contributed by atoms with van der Waals surface area (Å²) in [6, 6.07) is 16.6. The summed E-state index contributed by atoms with van der Waals surface area (Å²) in [7, 11) is 0. The van der Waals surface area contributed by atoms with Crippen molar-refractivity contribution < 1.29 is 4.74 Å². The van der Waals surface area contributed by atoms with Crippen molar-refractivity contribution in [2.75, 3.05) is 4.90 Å². The predicted molar refractivity (Wildman–Crippen MR) is 137 cm³/mol. The highest BCUT2D eigenvalue weighted by molar-refractivity contribution is 7.80. The van der Waals surface area contributed by atoms with Gasteiger partial charge in [0, 0.05) is 29.8 Å². The van der Waals surface area contributed by atoms with E-state index in [0.29, 0.717) is 11.2 Å². The summed E-state index contributed by atoms with van der Waals surface area (Å²) in [6.45, 7) is 6.64. The Morgan fingerprint density at radius 3 is 2.42 bits per heavy atom. The van der Waals surface area contributed by atoms with Crippen molar-refractivity contribution >= 4 is 23.0 Å². The summed E-state index contributed by atoms with van der Waals surface area (Å²) >= 11 is 5.85. The van der Waals surface area contributed by atoms with E-state index in [9.17, 15) is 0 Å². The van der Waals surface area contributed by atoms with E-state index < -0.39 is 0 Å². The lowest BCUT2D eigenvalue weighted by molar-refractivity contribution is 0.210. The number of anilines is 1. The number of rotatable bonds is 5. The Bertz CT molecular complexity index is 1100. The predicted octanol–water partition coefficient (Wildman–Crippen LogP) is 6.14. The van der Waals surface area contributed by atoms with Crippen LogP contribution in [0.4, 0.5) is 5.69 Å². The number of nitrogens with one attached hydrogen (secondary N) is 1. The number of hydrogen-bond acceptors (Lipinski definition) is 3. The van der Waals surface area contributed by atoms with Crippen LogP contribution in [0.2, 0.25) is 0 Å². The van der Waals surface area contributed by atoms with Crippen molar-refractivity contribution in [3.05, 3.63) is 78.4 Å². The van der Waals surface area contributed by atoms with E-state index in [1.165, 1.54) is 18.4 Å². The maximum absolute atomic E-state index is 6.18. The van der Waals surface area contributed by atoms with Gasteiger partial charge in [0.05, 0.1) is 23.9 Å². The molecule has 5 nitrogen and oxygen atoms in total. The molecule has 0 amide bonds. The van der Waals surface area contributed by atoms with Crippen LogP contribution in [-0.4, -0.2) is 20.8 Å². The largest absolute Gasteiger partial charge is 0.490 e. The normalized spacial score (nSPS) is 21.4. The van der Waals surface area contributed by atoms with Gasteiger partial charge < -0.3 is 19.5 Å². The Balaban J connectivity index is 1.49. The van der Waals surface area contributed by atoms with Crippen LogP contribution in [0.5, 0.6) is 5.75 Å². The fraction of sp³-hybridized carbons (Fsp3) is 0.407. The van der Waals surface area contributed by atoms with Crippen molar-refractivity contribution in [3.8, 4) is 5.75 Å². The zero-order valence-electron chi connectivity index (χ0n) is 19.6. The van der Waals surface area contributed by atoms with Gasteiger partial charge in [-0.2, -0.15) is 0 Å². The van der Waals surface area contributed by atoms with Gasteiger partial charge in [0.15, 0.2) is 5.11 Å². The summed E-state index contributed by atoms with van der Waals surface area (Å²) in [6.07, 6.45) is 11.4. The van der Waals surface area contributed by atoms with Gasteiger partial charge in [-0.05, 0) is 107 Å². The molecule has 3 aromatic rings. The summed E-state index contributed by atoms with van der Waals surface area (Å²) in [5.74, 6) is 0.931. The van der Waals surface area contributed by atoms with E-state index in [-0.39, 0.29) is 17.6 Å². The number of nitrogens with zero attached hydrogens (tertiary/aromatic N) is 3. The fourth-order valence-electron chi connectivity index (χ4n) is 4.86. The first-order valence-electron chi connectivity index (χ1n) is 11.9. The Morgan fingerprint density at radius 1 is 1.03 bits per heavy atom. The molecule has 0 bridgehead atoms. The minimum atomic E-state index is -0.0380. The lowest BCUT2D eigenvalue weighted by Crippen LogP contribution is -2.29. The van der Waals surface area contributed by atoms with Crippen molar-refractivity contribution in [2.24, 2.45) is 0 Å². The Hall–Kier alpha value is -2.86. The van der Waals surface area contributed by atoms with E-state index >= 15 is 0 Å². The van der Waals surface area contributed by atoms with Crippen LogP contribution >= 0.6 is 12.2 Å². The van der Waals surface area contributed by atoms with Crippen LogP contribution in [0.15, 0.2) is 67.1 Å². The first-order chi connectivity index (χ1) is 15.9. The highest BCUT2D eigenvalue weighted by Gasteiger charge is 2.41. The number of aromatic nitrogens is 2. The van der Waals surface area contributed by atoms with Gasteiger partial charge in [-0.1, -0.05) is 6.07 Å². The average Bonchev–Trinajstić information content (AvgIpc) is 3.55. The first-order valence-corrected chi connectivity index (χ1v) is 12.3. The van der Waals surface area contributed by atoms with Crippen molar-refractivity contribution in [1.82, 2.24) is 14.9 Å². The molecule has 5 rings (SSSR count). The van der Waals surface area contributed by atoms with Crippen LogP contribution < -0.4 is 15.0 Å². The third-order valence-electron chi connectivity index (χ3n) is 6.65. The highest BCUT2D eigenvalue weighted by Crippen LogP contribution is 2.42. The maximum Gasteiger partial charge on any atom is 0.174 e. The molecule has 1 aromatic carbocycles. The molecule has 0 radical (unpaired) electrons. The van der Waals surface area contributed by atoms with Gasteiger partial charge in [0.2, 0.25) is 0 Å². The van der Waals surface area contributed by atoms with Crippen LogP contribution in [0.3, 0.4) is 0 Å². The van der Waals surface area contributed by atoms with Crippen molar-refractivity contribution in [1.29, 1.82) is 0 Å². The lowest BCUT2D eigenvalue weighted by Gasteiger charge is -2.28. The van der Waals surface area contributed by atoms with E-state index in [2.05, 4.69) is 89.3 Å². The first kappa shape index (κ1) is 22.0. The second-order valence-corrected chi connectivity index (χ2v) is 10.4. The topological polar surface area (TPSA) is 42.3 Å². The van der Waals surface area contributed by atoms with Crippen LogP contribution in [0.25, 0.3) is 0 Å². The molecule has 1 saturated carbocycles. The van der Waals surface area contributed by atoms with E-state index in [4.69, 9.17) is 17.0 Å². The SMILES string of the molecule is CC(C)(C)n1ccc([C@H]2[C@H](c3ccccn3)NC(=S)N2c2ccc(OC3CCCC3)cc2)c1. The number of hydrogen-bond donors (Lipinski definition) is 1. The second-order valence-electron chi connectivity index (χ2n) is 10.0. The molecule has 1 N–H and O–H groups in total. The molecule has 2 atom stereocenters. The number of pyridine rings is 1. The van der Waals surface area contributed by atoms with Gasteiger partial charge >= 0.3 is 0 Å².